The van der Waals surface area contributed by atoms with Crippen molar-refractivity contribution in [1.82, 2.24) is 28.2 Å². The maximum atomic E-state index is 11.1. The van der Waals surface area contributed by atoms with E-state index in [1.165, 1.54) is 0 Å². The molecule has 570 valence electrons. The van der Waals surface area contributed by atoms with E-state index in [1.807, 2.05) is 140 Å². The average Bonchev–Trinajstić information content (AvgIpc) is 1.57. The number of aromatic nitrogens is 6. The third-order valence-electron chi connectivity index (χ3n) is 24.2. The van der Waals surface area contributed by atoms with Crippen molar-refractivity contribution < 1.29 is 0 Å². The number of nitrogens with zero attached hydrogens (tertiary/aromatic N) is 12. The number of nitriles is 6. The molecule has 5 aromatic heterocycles. The molecule has 0 unspecified atom stereocenters. The Labute approximate surface area is 711 Å². The summed E-state index contributed by atoms with van der Waals surface area (Å²) in [5.41, 5.74) is 29.2. The average molecular weight is 1580 g/mol. The Balaban J connectivity index is 0.787. The Morgan fingerprint density at radius 2 is 0.435 bits per heavy atom. The molecule has 0 saturated carbocycles. The molecule has 0 radical (unpaired) electrons. The van der Waals surface area contributed by atoms with Gasteiger partial charge in [0.05, 0.1) is 148 Å². The lowest BCUT2D eigenvalue weighted by Crippen LogP contribution is -2.04. The minimum Gasteiger partial charge on any atom is -0.309 e. The van der Waals surface area contributed by atoms with Crippen LogP contribution < -0.4 is 0 Å². The number of fused-ring (bicyclic) bond motifs is 12. The third kappa shape index (κ3) is 12.1. The highest BCUT2D eigenvalue weighted by Gasteiger charge is 2.28. The van der Waals surface area contributed by atoms with Crippen LogP contribution >= 0.6 is 0 Å². The van der Waals surface area contributed by atoms with Crippen LogP contribution in [0.3, 0.4) is 0 Å². The van der Waals surface area contributed by atoms with Gasteiger partial charge in [-0.15, -0.1) is 0 Å². The number of rotatable bonds is 13. The van der Waals surface area contributed by atoms with Crippen LogP contribution in [-0.2, 0) is 0 Å². The van der Waals surface area contributed by atoms with Gasteiger partial charge in [0, 0.05) is 82.0 Å². The first kappa shape index (κ1) is 72.4. The van der Waals surface area contributed by atoms with Crippen LogP contribution in [0.5, 0.6) is 0 Å². The zero-order chi connectivity index (χ0) is 83.2. The molecule has 5 heterocycles. The lowest BCUT2D eigenvalue weighted by molar-refractivity contribution is 1.14. The fraction of sp³-hybridized carbons (Fsp3) is 0. The summed E-state index contributed by atoms with van der Waals surface area (Å²) in [5, 5.41) is 69.7. The normalized spacial score (nSPS) is 11.3. The van der Waals surface area contributed by atoms with Crippen LogP contribution in [0.2, 0.25) is 0 Å². The minimum absolute atomic E-state index is 0.454. The Morgan fingerprint density at radius 1 is 0.169 bits per heavy atom. The largest absolute Gasteiger partial charge is 0.309 e. The van der Waals surface area contributed by atoms with Crippen LogP contribution in [0.25, 0.3) is 211 Å². The number of hydrogen-bond acceptors (Lipinski definition) is 8. The molecular formula is C112H62N12. The third-order valence-corrected chi connectivity index (χ3v) is 24.2. The predicted molar refractivity (Wildman–Crippen MR) is 497 cm³/mol. The highest BCUT2D eigenvalue weighted by molar-refractivity contribution is 6.16. The second kappa shape index (κ2) is 29.5. The fourth-order valence-electron chi connectivity index (χ4n) is 18.3. The molecule has 0 bridgehead atoms. The van der Waals surface area contributed by atoms with Gasteiger partial charge in [-0.3, -0.25) is 0 Å². The smallest absolute Gasteiger partial charge is 0.160 e. The maximum Gasteiger partial charge on any atom is 0.160 e. The monoisotopic (exact) mass is 1570 g/mol. The van der Waals surface area contributed by atoms with Gasteiger partial charge in [0.15, 0.2) is 5.82 Å². The van der Waals surface area contributed by atoms with E-state index in [0.29, 0.717) is 56.2 Å². The first-order valence-corrected chi connectivity index (χ1v) is 40.7. The summed E-state index contributed by atoms with van der Waals surface area (Å²) in [4.78, 5) is 11.4. The highest BCUT2D eigenvalue weighted by atomic mass is 15.0. The second-order valence-electron chi connectivity index (χ2n) is 31.1. The molecule has 0 N–H and O–H groups in total. The van der Waals surface area contributed by atoms with Crippen LogP contribution in [0.1, 0.15) is 33.4 Å². The van der Waals surface area contributed by atoms with Crippen molar-refractivity contribution in [3.63, 3.8) is 0 Å². The molecule has 0 saturated heterocycles. The summed E-state index contributed by atoms with van der Waals surface area (Å²) in [5.74, 6) is 0.454. The molecule has 0 aliphatic rings. The van der Waals surface area contributed by atoms with Crippen LogP contribution in [-0.4, -0.2) is 28.2 Å². The van der Waals surface area contributed by atoms with Crippen LogP contribution in [0, 0.1) is 68.0 Å². The first-order chi connectivity index (χ1) is 61.2. The molecule has 12 heteroatoms. The van der Waals surface area contributed by atoms with Crippen molar-refractivity contribution in [1.29, 1.82) is 31.6 Å². The van der Waals surface area contributed by atoms with Crippen molar-refractivity contribution in [2.45, 2.75) is 0 Å². The molecule has 0 amide bonds. The van der Waals surface area contributed by atoms with Crippen molar-refractivity contribution >= 4 is 87.2 Å². The van der Waals surface area contributed by atoms with Crippen LogP contribution in [0.4, 0.5) is 0 Å². The summed E-state index contributed by atoms with van der Waals surface area (Å²) in [6, 6.07) is 142. The van der Waals surface area contributed by atoms with Gasteiger partial charge in [-0.05, 0) is 220 Å². The molecular weight excluding hydrogens is 1510 g/mol. The SMILES string of the molecule is N#Cc1ccc(-c2ccc3c(c2)c2ccccc2n3-c2ccc(C#N)cc2-c2ccc(-c3cc(-c4ccccc4)nc(-c4ccc(-c5cc(C#N)ccc5-n5c6ccccc6c6cc(-c7ccc(C#N)cc7)ccc65)c(-n5c6ccccc6c6cc(-c7ccc(C#N)cc7)ccc65)c4)n3)cc2-n2c3ccccc3c3cc(-c4ccc(C#N)cc4)ccc32)cc1. The van der Waals surface area contributed by atoms with E-state index in [9.17, 15) is 31.6 Å². The van der Waals surface area contributed by atoms with E-state index in [2.05, 4.69) is 291 Å². The van der Waals surface area contributed by atoms with E-state index < -0.39 is 0 Å². The van der Waals surface area contributed by atoms with Crippen molar-refractivity contribution in [3.05, 3.63) is 409 Å². The lowest BCUT2D eigenvalue weighted by atomic mass is 9.95. The van der Waals surface area contributed by atoms with Gasteiger partial charge < -0.3 is 18.3 Å². The molecule has 0 fully saturated rings. The zero-order valence-electron chi connectivity index (χ0n) is 66.2. The zero-order valence-corrected chi connectivity index (χ0v) is 66.2. The van der Waals surface area contributed by atoms with Gasteiger partial charge in [-0.1, -0.05) is 200 Å². The Morgan fingerprint density at radius 3 is 0.774 bits per heavy atom. The van der Waals surface area contributed by atoms with Crippen LogP contribution in [0.15, 0.2) is 376 Å². The summed E-state index contributed by atoms with van der Waals surface area (Å²) in [6.07, 6.45) is 0. The predicted octanol–water partition coefficient (Wildman–Crippen LogP) is 27.1. The Hall–Kier alpha value is -18.0. The quantitative estimate of drug-likeness (QED) is 0.109. The van der Waals surface area contributed by atoms with E-state index in [1.54, 1.807) is 0 Å². The molecule has 0 spiro atoms. The first-order valence-electron chi connectivity index (χ1n) is 40.7. The second-order valence-corrected chi connectivity index (χ2v) is 31.1. The molecule has 12 nitrogen and oxygen atoms in total. The van der Waals surface area contributed by atoms with Crippen molar-refractivity contribution in [2.75, 3.05) is 0 Å². The molecule has 0 atom stereocenters. The summed E-state index contributed by atoms with van der Waals surface area (Å²) >= 11 is 0. The Bertz CT molecular complexity index is 8050. The Kier molecular flexibility index (Phi) is 17.3. The molecule has 0 aliphatic heterocycles. The minimum atomic E-state index is 0.454. The van der Waals surface area contributed by atoms with E-state index in [-0.39, 0.29) is 0 Å². The van der Waals surface area contributed by atoms with Gasteiger partial charge in [0.2, 0.25) is 0 Å². The molecule has 17 aromatic carbocycles. The van der Waals surface area contributed by atoms with Crippen molar-refractivity contribution in [2.24, 2.45) is 0 Å². The number of para-hydroxylation sites is 4. The van der Waals surface area contributed by atoms with E-state index in [0.717, 1.165) is 188 Å². The maximum absolute atomic E-state index is 11.1. The lowest BCUT2D eigenvalue weighted by Gasteiger charge is -2.21. The molecule has 124 heavy (non-hydrogen) atoms. The highest BCUT2D eigenvalue weighted by Crippen LogP contribution is 2.48. The topological polar surface area (TPSA) is 188 Å². The van der Waals surface area contributed by atoms with E-state index >= 15 is 0 Å². The molecule has 0 aliphatic carbocycles. The van der Waals surface area contributed by atoms with Gasteiger partial charge >= 0.3 is 0 Å². The van der Waals surface area contributed by atoms with Crippen molar-refractivity contribution in [3.8, 4) is 160 Å². The number of hydrogen-bond donors (Lipinski definition) is 0. The molecule has 22 rings (SSSR count). The van der Waals surface area contributed by atoms with E-state index in [4.69, 9.17) is 9.97 Å². The van der Waals surface area contributed by atoms with Gasteiger partial charge in [-0.2, -0.15) is 31.6 Å². The summed E-state index contributed by atoms with van der Waals surface area (Å²) in [7, 11) is 0. The van der Waals surface area contributed by atoms with Gasteiger partial charge in [0.25, 0.3) is 0 Å². The summed E-state index contributed by atoms with van der Waals surface area (Å²) < 4.78 is 9.30. The fourth-order valence-corrected chi connectivity index (χ4v) is 18.3. The van der Waals surface area contributed by atoms with Gasteiger partial charge in [0.1, 0.15) is 0 Å². The summed E-state index contributed by atoms with van der Waals surface area (Å²) in [6.45, 7) is 0. The number of benzene rings is 17. The molecule has 22 aromatic rings. The standard InChI is InChI=1S/C112H62N12/c113-63-69-22-32-75(33-23-69)80-42-50-106-94(56-80)86-14-4-8-18-100(86)121(106)104-48-30-73(67-117)54-92(104)90-46-40-84(60-110(90)123-102-20-10-6-16-88(102)96-58-82(44-52-108(96)123)77-36-26-71(65-115)27-37-77)99-62-98(79-12-2-1-3-13-79)119-112(120-99)85-41-47-91(111(61-85)124-103-21-11-7-17-89(103)97-59-83(45-53-109(97)124)78-38-28-72(66-116)29-39-78)93-55-74(68-118)31-49-105(93)122-101-19-9-5-15-87(101)95-57-81(43-51-107(95)122)76-34-24-70(64-114)25-35-76/h1-62H. The van der Waals surface area contributed by atoms with Gasteiger partial charge in [-0.25, -0.2) is 9.97 Å².